The van der Waals surface area contributed by atoms with Gasteiger partial charge in [-0.25, -0.2) is 12.8 Å². The van der Waals surface area contributed by atoms with Crippen molar-refractivity contribution in [2.45, 2.75) is 6.54 Å². The van der Waals surface area contributed by atoms with Crippen molar-refractivity contribution < 1.29 is 22.3 Å². The molecule has 0 aliphatic heterocycles. The summed E-state index contributed by atoms with van der Waals surface area (Å²) in [6.07, 6.45) is 1.06. The molecular formula is C21H19FN2O4S. The van der Waals surface area contributed by atoms with Gasteiger partial charge in [-0.2, -0.15) is 0 Å². The number of ether oxygens (including phenoxy) is 1. The van der Waals surface area contributed by atoms with Gasteiger partial charge in [0, 0.05) is 17.8 Å². The number of hydrogen-bond donors (Lipinski definition) is 2. The second-order valence-corrected chi connectivity index (χ2v) is 8.08. The van der Waals surface area contributed by atoms with Crippen molar-refractivity contribution in [2.75, 3.05) is 11.0 Å². The smallest absolute Gasteiger partial charge is 0.251 e. The number of anilines is 1. The summed E-state index contributed by atoms with van der Waals surface area (Å²) in [7, 11) is -3.36. The SMILES string of the molecule is CS(=O)(=O)Nc1ccc(C(=O)NCc2ccc(Oc3ccc(F)cc3)cc2)cc1. The zero-order valence-electron chi connectivity index (χ0n) is 15.6. The van der Waals surface area contributed by atoms with Crippen LogP contribution in [0.15, 0.2) is 72.8 Å². The highest BCUT2D eigenvalue weighted by atomic mass is 32.2. The van der Waals surface area contributed by atoms with Crippen molar-refractivity contribution in [1.29, 1.82) is 0 Å². The molecule has 0 aromatic heterocycles. The molecule has 3 aromatic rings. The maximum absolute atomic E-state index is 12.9. The van der Waals surface area contributed by atoms with Gasteiger partial charge < -0.3 is 10.1 Å². The topological polar surface area (TPSA) is 84.5 Å². The number of sulfonamides is 1. The van der Waals surface area contributed by atoms with Gasteiger partial charge in [-0.15, -0.1) is 0 Å². The van der Waals surface area contributed by atoms with E-state index in [-0.39, 0.29) is 11.7 Å². The van der Waals surface area contributed by atoms with Gasteiger partial charge in [0.25, 0.3) is 5.91 Å². The quantitative estimate of drug-likeness (QED) is 0.614. The van der Waals surface area contributed by atoms with Crippen LogP contribution in [0.4, 0.5) is 10.1 Å². The van der Waals surface area contributed by atoms with Gasteiger partial charge in [0.1, 0.15) is 17.3 Å². The predicted molar refractivity (Wildman–Crippen MR) is 109 cm³/mol. The largest absolute Gasteiger partial charge is 0.457 e. The Morgan fingerprint density at radius 1 is 0.897 bits per heavy atom. The molecule has 0 aliphatic carbocycles. The van der Waals surface area contributed by atoms with E-state index in [4.69, 9.17) is 4.74 Å². The van der Waals surface area contributed by atoms with Crippen LogP contribution in [0.2, 0.25) is 0 Å². The zero-order valence-corrected chi connectivity index (χ0v) is 16.4. The van der Waals surface area contributed by atoms with Gasteiger partial charge in [0.2, 0.25) is 10.0 Å². The van der Waals surface area contributed by atoms with Crippen LogP contribution in [0.25, 0.3) is 0 Å². The van der Waals surface area contributed by atoms with E-state index in [1.807, 2.05) is 12.1 Å². The fraction of sp³-hybridized carbons (Fsp3) is 0.0952. The molecule has 0 aliphatic rings. The lowest BCUT2D eigenvalue weighted by atomic mass is 10.1. The molecule has 0 bridgehead atoms. The molecule has 0 unspecified atom stereocenters. The lowest BCUT2D eigenvalue weighted by Crippen LogP contribution is -2.22. The van der Waals surface area contributed by atoms with Crippen molar-refractivity contribution in [2.24, 2.45) is 0 Å². The number of rotatable bonds is 7. The summed E-state index contributed by atoms with van der Waals surface area (Å²) in [6.45, 7) is 0.318. The first kappa shape index (κ1) is 20.3. The van der Waals surface area contributed by atoms with E-state index in [1.54, 1.807) is 36.4 Å². The fourth-order valence-electron chi connectivity index (χ4n) is 2.50. The van der Waals surface area contributed by atoms with Crippen LogP contribution in [0, 0.1) is 5.82 Å². The number of nitrogens with one attached hydrogen (secondary N) is 2. The molecule has 0 heterocycles. The second kappa shape index (κ2) is 8.74. The van der Waals surface area contributed by atoms with Crippen LogP contribution in [0.3, 0.4) is 0 Å². The van der Waals surface area contributed by atoms with Gasteiger partial charge in [-0.3, -0.25) is 9.52 Å². The van der Waals surface area contributed by atoms with E-state index in [2.05, 4.69) is 10.0 Å². The third kappa shape index (κ3) is 6.32. The molecule has 3 rings (SSSR count). The normalized spacial score (nSPS) is 11.0. The number of carbonyl (C=O) groups excluding carboxylic acids is 1. The summed E-state index contributed by atoms with van der Waals surface area (Å²) in [5, 5.41) is 2.80. The van der Waals surface area contributed by atoms with E-state index in [0.717, 1.165) is 11.8 Å². The molecule has 150 valence electrons. The zero-order chi connectivity index (χ0) is 20.9. The van der Waals surface area contributed by atoms with Gasteiger partial charge >= 0.3 is 0 Å². The molecule has 0 atom stereocenters. The summed E-state index contributed by atoms with van der Waals surface area (Å²) in [4.78, 5) is 12.2. The van der Waals surface area contributed by atoms with E-state index in [1.165, 1.54) is 24.3 Å². The molecule has 3 aromatic carbocycles. The Morgan fingerprint density at radius 3 is 2.00 bits per heavy atom. The maximum Gasteiger partial charge on any atom is 0.251 e. The van der Waals surface area contributed by atoms with Crippen molar-refractivity contribution in [1.82, 2.24) is 5.32 Å². The molecule has 6 nitrogen and oxygen atoms in total. The van der Waals surface area contributed by atoms with Gasteiger partial charge in [0.15, 0.2) is 0 Å². The average molecular weight is 414 g/mol. The van der Waals surface area contributed by atoms with Crippen molar-refractivity contribution >= 4 is 21.6 Å². The Hall–Kier alpha value is -3.39. The molecule has 1 amide bonds. The van der Waals surface area contributed by atoms with Crippen LogP contribution < -0.4 is 14.8 Å². The third-order valence-corrected chi connectivity index (χ3v) is 4.48. The minimum Gasteiger partial charge on any atom is -0.457 e. The maximum atomic E-state index is 12.9. The minimum absolute atomic E-state index is 0.275. The molecule has 8 heteroatoms. The van der Waals surface area contributed by atoms with Crippen LogP contribution in [0.5, 0.6) is 11.5 Å². The first-order valence-corrected chi connectivity index (χ1v) is 10.6. The number of carbonyl (C=O) groups is 1. The predicted octanol–water partition coefficient (Wildman–Crippen LogP) is 3.92. The molecule has 2 N–H and O–H groups in total. The summed E-state index contributed by atoms with van der Waals surface area (Å²) >= 11 is 0. The Bertz CT molecular complexity index is 1080. The van der Waals surface area contributed by atoms with Gasteiger partial charge in [0.05, 0.1) is 6.26 Å². The summed E-state index contributed by atoms with van der Waals surface area (Å²) in [5.74, 6) is 0.522. The van der Waals surface area contributed by atoms with Crippen molar-refractivity contribution in [3.8, 4) is 11.5 Å². The molecule has 0 spiro atoms. The van der Waals surface area contributed by atoms with Crippen LogP contribution >= 0.6 is 0 Å². The highest BCUT2D eigenvalue weighted by Gasteiger charge is 2.07. The lowest BCUT2D eigenvalue weighted by Gasteiger charge is -2.09. The average Bonchev–Trinajstić information content (AvgIpc) is 2.68. The van der Waals surface area contributed by atoms with Crippen molar-refractivity contribution in [3.05, 3.63) is 89.7 Å². The van der Waals surface area contributed by atoms with Gasteiger partial charge in [-0.1, -0.05) is 12.1 Å². The minimum atomic E-state index is -3.36. The van der Waals surface area contributed by atoms with Crippen LogP contribution in [-0.4, -0.2) is 20.6 Å². The Kier molecular flexibility index (Phi) is 6.13. The van der Waals surface area contributed by atoms with Crippen LogP contribution in [0.1, 0.15) is 15.9 Å². The highest BCUT2D eigenvalue weighted by molar-refractivity contribution is 7.92. The first-order chi connectivity index (χ1) is 13.8. The standard InChI is InChI=1S/C21H19FN2O4S/c1-29(26,27)24-18-8-4-16(5-9-18)21(25)23-14-15-2-10-19(11-3-15)28-20-12-6-17(22)7-13-20/h2-13,24H,14H2,1H3,(H,23,25). The Labute approximate surface area is 168 Å². The second-order valence-electron chi connectivity index (χ2n) is 6.33. The molecule has 0 saturated heterocycles. The Balaban J connectivity index is 1.54. The first-order valence-electron chi connectivity index (χ1n) is 8.67. The number of amides is 1. The molecular weight excluding hydrogens is 395 g/mol. The summed E-state index contributed by atoms with van der Waals surface area (Å²) < 4.78 is 43.3. The van der Waals surface area contributed by atoms with Crippen LogP contribution in [-0.2, 0) is 16.6 Å². The van der Waals surface area contributed by atoms with E-state index in [9.17, 15) is 17.6 Å². The van der Waals surface area contributed by atoms with E-state index < -0.39 is 10.0 Å². The Morgan fingerprint density at radius 2 is 1.45 bits per heavy atom. The monoisotopic (exact) mass is 414 g/mol. The lowest BCUT2D eigenvalue weighted by molar-refractivity contribution is 0.0951. The number of benzene rings is 3. The fourth-order valence-corrected chi connectivity index (χ4v) is 3.07. The highest BCUT2D eigenvalue weighted by Crippen LogP contribution is 2.22. The van der Waals surface area contributed by atoms with E-state index in [0.29, 0.717) is 29.3 Å². The van der Waals surface area contributed by atoms with E-state index >= 15 is 0 Å². The summed E-state index contributed by atoms with van der Waals surface area (Å²) in [6, 6.07) is 19.0. The molecule has 29 heavy (non-hydrogen) atoms. The number of halogens is 1. The molecule has 0 fully saturated rings. The molecule has 0 saturated carbocycles. The van der Waals surface area contributed by atoms with Gasteiger partial charge in [-0.05, 0) is 66.2 Å². The third-order valence-electron chi connectivity index (χ3n) is 3.88. The number of hydrogen-bond acceptors (Lipinski definition) is 4. The molecule has 0 radical (unpaired) electrons. The summed E-state index contributed by atoms with van der Waals surface area (Å²) in [5.41, 5.74) is 1.68. The van der Waals surface area contributed by atoms with Crippen molar-refractivity contribution in [3.63, 3.8) is 0 Å².